The number of likely N-dealkylation sites (N-methyl/N-ethyl adjacent to an activating group) is 1. The second-order valence-electron chi connectivity index (χ2n) is 4.69. The molecule has 6 nitrogen and oxygen atoms in total. The van der Waals surface area contributed by atoms with Crippen molar-refractivity contribution in [3.05, 3.63) is 35.8 Å². The number of carbonyl (C=O) groups excluding carboxylic acids is 1. The average Bonchev–Trinajstić information content (AvgIpc) is 3.00. The molecule has 112 valence electrons. The number of hydrogen-bond acceptors (Lipinski definition) is 4. The van der Waals surface area contributed by atoms with Gasteiger partial charge in [-0.05, 0) is 32.3 Å². The summed E-state index contributed by atoms with van der Waals surface area (Å²) in [6.45, 7) is 2.29. The molecule has 0 aliphatic heterocycles. The largest absolute Gasteiger partial charge is 0.481 e. The van der Waals surface area contributed by atoms with Crippen molar-refractivity contribution in [2.75, 3.05) is 13.2 Å². The lowest BCUT2D eigenvalue weighted by molar-refractivity contribution is -0.131. The number of aromatic nitrogens is 1. The Kier molecular flexibility index (Phi) is 4.92. The molecule has 6 heteroatoms. The summed E-state index contributed by atoms with van der Waals surface area (Å²) < 4.78 is 5.34. The van der Waals surface area contributed by atoms with Crippen LogP contribution in [0, 0.1) is 0 Å². The lowest BCUT2D eigenvalue weighted by Gasteiger charge is -2.22. The summed E-state index contributed by atoms with van der Waals surface area (Å²) in [5.41, 5.74) is 1.02. The maximum Gasteiger partial charge on any atom is 0.339 e. The molecule has 2 rings (SSSR count). The molecule has 0 saturated heterocycles. The summed E-state index contributed by atoms with van der Waals surface area (Å²) in [5.74, 6) is -1.17. The van der Waals surface area contributed by atoms with E-state index in [1.165, 1.54) is 18.5 Å². The predicted octanol–water partition coefficient (Wildman–Crippen LogP) is 2.07. The highest BCUT2D eigenvalue weighted by Crippen LogP contribution is 2.22. The van der Waals surface area contributed by atoms with Crippen molar-refractivity contribution in [1.82, 2.24) is 9.88 Å². The van der Waals surface area contributed by atoms with Gasteiger partial charge in [0.2, 0.25) is 0 Å². The third-order valence-electron chi connectivity index (χ3n) is 3.35. The van der Waals surface area contributed by atoms with Crippen LogP contribution in [0.3, 0.4) is 0 Å². The molecule has 0 atom stereocenters. The zero-order valence-electron chi connectivity index (χ0n) is 11.9. The van der Waals surface area contributed by atoms with Crippen molar-refractivity contribution in [3.8, 4) is 5.75 Å². The molecule has 1 aliphatic rings. The van der Waals surface area contributed by atoms with E-state index < -0.39 is 5.97 Å². The molecule has 21 heavy (non-hydrogen) atoms. The van der Waals surface area contributed by atoms with Gasteiger partial charge in [0, 0.05) is 18.4 Å². The molecule has 0 saturated carbocycles. The van der Waals surface area contributed by atoms with Gasteiger partial charge in [0.05, 0.1) is 6.20 Å². The van der Waals surface area contributed by atoms with Crippen molar-refractivity contribution < 1.29 is 19.4 Å². The molecule has 0 bridgehead atoms. The molecule has 0 fully saturated rings. The zero-order chi connectivity index (χ0) is 15.2. The SMILES string of the molecule is CCN(C(=O)COc1cnccc1C(=O)O)C1=CCCC1. The van der Waals surface area contributed by atoms with Gasteiger partial charge >= 0.3 is 5.97 Å². The lowest BCUT2D eigenvalue weighted by Crippen LogP contribution is -2.33. The Balaban J connectivity index is 2.02. The number of carboxylic acids is 1. The molecule has 1 heterocycles. The fourth-order valence-corrected chi connectivity index (χ4v) is 2.33. The van der Waals surface area contributed by atoms with Gasteiger partial charge in [0.25, 0.3) is 5.91 Å². The van der Waals surface area contributed by atoms with Gasteiger partial charge in [-0.25, -0.2) is 4.79 Å². The van der Waals surface area contributed by atoms with E-state index in [1.807, 2.05) is 6.92 Å². The van der Waals surface area contributed by atoms with E-state index in [-0.39, 0.29) is 23.8 Å². The molecule has 1 aliphatic carbocycles. The number of allylic oxidation sites excluding steroid dienone is 2. The first-order valence-corrected chi connectivity index (χ1v) is 6.93. The highest BCUT2D eigenvalue weighted by molar-refractivity contribution is 5.90. The number of hydrogen-bond donors (Lipinski definition) is 1. The highest BCUT2D eigenvalue weighted by atomic mass is 16.5. The van der Waals surface area contributed by atoms with E-state index in [0.717, 1.165) is 25.0 Å². The number of carboxylic acid groups (broad SMARTS) is 1. The topological polar surface area (TPSA) is 79.7 Å². The number of rotatable bonds is 6. The zero-order valence-corrected chi connectivity index (χ0v) is 11.9. The van der Waals surface area contributed by atoms with Crippen molar-refractivity contribution in [2.24, 2.45) is 0 Å². The Bertz CT molecular complexity index is 569. The predicted molar refractivity (Wildman–Crippen MR) is 76.0 cm³/mol. The molecule has 1 aromatic heterocycles. The van der Waals surface area contributed by atoms with Crippen LogP contribution in [0.2, 0.25) is 0 Å². The lowest BCUT2D eigenvalue weighted by atomic mass is 10.2. The Morgan fingerprint density at radius 1 is 1.48 bits per heavy atom. The Morgan fingerprint density at radius 2 is 2.29 bits per heavy atom. The molecular weight excluding hydrogens is 272 g/mol. The second-order valence-corrected chi connectivity index (χ2v) is 4.69. The normalized spacial score (nSPS) is 13.7. The van der Waals surface area contributed by atoms with Crippen molar-refractivity contribution in [3.63, 3.8) is 0 Å². The second kappa shape index (κ2) is 6.88. The van der Waals surface area contributed by atoms with E-state index in [9.17, 15) is 9.59 Å². The number of carbonyl (C=O) groups is 2. The van der Waals surface area contributed by atoms with Gasteiger partial charge in [-0.3, -0.25) is 9.78 Å². The molecule has 1 aromatic rings. The van der Waals surface area contributed by atoms with Crippen LogP contribution in [0.15, 0.2) is 30.2 Å². The molecule has 1 N–H and O–H groups in total. The van der Waals surface area contributed by atoms with Crippen LogP contribution in [0.1, 0.15) is 36.5 Å². The van der Waals surface area contributed by atoms with Crippen molar-refractivity contribution in [2.45, 2.75) is 26.2 Å². The van der Waals surface area contributed by atoms with Gasteiger partial charge < -0.3 is 14.7 Å². The molecular formula is C15H18N2O4. The monoisotopic (exact) mass is 290 g/mol. The quantitative estimate of drug-likeness (QED) is 0.867. The number of nitrogens with zero attached hydrogens (tertiary/aromatic N) is 2. The Morgan fingerprint density at radius 3 is 2.90 bits per heavy atom. The molecule has 0 aromatic carbocycles. The molecule has 0 radical (unpaired) electrons. The Labute approximate surface area is 123 Å². The first kappa shape index (κ1) is 15.0. The summed E-state index contributed by atoms with van der Waals surface area (Å²) in [5, 5.41) is 9.05. The molecule has 0 spiro atoms. The summed E-state index contributed by atoms with van der Waals surface area (Å²) in [4.78, 5) is 28.8. The summed E-state index contributed by atoms with van der Waals surface area (Å²) in [7, 11) is 0. The summed E-state index contributed by atoms with van der Waals surface area (Å²) >= 11 is 0. The van der Waals surface area contributed by atoms with E-state index in [4.69, 9.17) is 9.84 Å². The minimum Gasteiger partial charge on any atom is -0.481 e. The molecule has 0 unspecified atom stereocenters. The van der Waals surface area contributed by atoms with Crippen molar-refractivity contribution >= 4 is 11.9 Å². The van der Waals surface area contributed by atoms with Crippen LogP contribution in [-0.4, -0.2) is 40.0 Å². The number of amides is 1. The van der Waals surface area contributed by atoms with E-state index in [0.29, 0.717) is 6.54 Å². The minimum atomic E-state index is -1.11. The van der Waals surface area contributed by atoms with E-state index in [2.05, 4.69) is 11.1 Å². The number of ether oxygens (including phenoxy) is 1. The standard InChI is InChI=1S/C15H18N2O4/c1-2-17(11-5-3-4-6-11)14(18)10-21-13-9-16-8-7-12(13)15(19)20/h5,7-9H,2-4,6,10H2,1H3,(H,19,20). The molecule has 1 amide bonds. The Hall–Kier alpha value is -2.37. The van der Waals surface area contributed by atoms with Gasteiger partial charge in [-0.1, -0.05) is 6.08 Å². The van der Waals surface area contributed by atoms with Crippen LogP contribution < -0.4 is 4.74 Å². The fraction of sp³-hybridized carbons (Fsp3) is 0.400. The fourth-order valence-electron chi connectivity index (χ4n) is 2.33. The number of pyridine rings is 1. The van der Waals surface area contributed by atoms with Crippen molar-refractivity contribution in [1.29, 1.82) is 0 Å². The first-order valence-electron chi connectivity index (χ1n) is 6.93. The van der Waals surface area contributed by atoms with Crippen LogP contribution in [0.5, 0.6) is 5.75 Å². The van der Waals surface area contributed by atoms with Crippen LogP contribution in [-0.2, 0) is 4.79 Å². The van der Waals surface area contributed by atoms with Gasteiger partial charge in [-0.2, -0.15) is 0 Å². The van der Waals surface area contributed by atoms with Crippen LogP contribution in [0.4, 0.5) is 0 Å². The van der Waals surface area contributed by atoms with Crippen LogP contribution in [0.25, 0.3) is 0 Å². The van der Waals surface area contributed by atoms with Gasteiger partial charge in [-0.15, -0.1) is 0 Å². The summed E-state index contributed by atoms with van der Waals surface area (Å²) in [6, 6.07) is 1.35. The van der Waals surface area contributed by atoms with Gasteiger partial charge in [0.1, 0.15) is 5.56 Å². The third kappa shape index (κ3) is 3.59. The minimum absolute atomic E-state index is 0.000861. The maximum absolute atomic E-state index is 12.2. The highest BCUT2D eigenvalue weighted by Gasteiger charge is 2.20. The van der Waals surface area contributed by atoms with E-state index in [1.54, 1.807) is 4.90 Å². The van der Waals surface area contributed by atoms with E-state index >= 15 is 0 Å². The van der Waals surface area contributed by atoms with Crippen LogP contribution >= 0.6 is 0 Å². The smallest absolute Gasteiger partial charge is 0.339 e. The maximum atomic E-state index is 12.2. The van der Waals surface area contributed by atoms with Gasteiger partial charge in [0.15, 0.2) is 12.4 Å². The number of aromatic carboxylic acids is 1. The first-order chi connectivity index (χ1) is 10.1. The average molecular weight is 290 g/mol. The summed E-state index contributed by atoms with van der Waals surface area (Å²) in [6.07, 6.45) is 7.69. The third-order valence-corrected chi connectivity index (χ3v) is 3.35.